The smallest absolute Gasteiger partial charge is 0.257 e. The van der Waals surface area contributed by atoms with Gasteiger partial charge in [-0.05, 0) is 26.0 Å². The van der Waals surface area contributed by atoms with Crippen LogP contribution < -0.4 is 4.90 Å². The number of aromatic nitrogens is 2. The second-order valence-electron chi connectivity index (χ2n) is 6.15. The van der Waals surface area contributed by atoms with Gasteiger partial charge in [-0.15, -0.1) is 0 Å². The van der Waals surface area contributed by atoms with Crippen LogP contribution in [0.2, 0.25) is 0 Å². The van der Waals surface area contributed by atoms with Crippen molar-refractivity contribution in [3.63, 3.8) is 0 Å². The van der Waals surface area contributed by atoms with Gasteiger partial charge in [0.05, 0.1) is 5.56 Å². The molecule has 128 valence electrons. The first-order chi connectivity index (χ1) is 12.0. The van der Waals surface area contributed by atoms with Crippen molar-refractivity contribution in [1.29, 1.82) is 5.26 Å². The van der Waals surface area contributed by atoms with Crippen LogP contribution in [-0.4, -0.2) is 51.6 Å². The Kier molecular flexibility index (Phi) is 4.52. The summed E-state index contributed by atoms with van der Waals surface area (Å²) in [7, 11) is 0. The molecule has 0 saturated carbocycles. The maximum absolute atomic E-state index is 12.8. The third-order valence-corrected chi connectivity index (χ3v) is 4.36. The van der Waals surface area contributed by atoms with Crippen molar-refractivity contribution in [2.24, 2.45) is 0 Å². The number of carbonyl (C=O) groups excluding carboxylic acids is 1. The molecule has 1 atom stereocenters. The first kappa shape index (κ1) is 16.7. The van der Waals surface area contributed by atoms with E-state index >= 15 is 0 Å². The minimum Gasteiger partial charge on any atom is -0.507 e. The van der Waals surface area contributed by atoms with Crippen LogP contribution in [-0.2, 0) is 0 Å². The van der Waals surface area contributed by atoms with Crippen molar-refractivity contribution < 1.29 is 9.90 Å². The number of carbonyl (C=O) groups is 1. The van der Waals surface area contributed by atoms with E-state index in [4.69, 9.17) is 0 Å². The predicted molar refractivity (Wildman–Crippen MR) is 92.3 cm³/mol. The fourth-order valence-corrected chi connectivity index (χ4v) is 3.07. The van der Waals surface area contributed by atoms with Gasteiger partial charge in [-0.1, -0.05) is 11.6 Å². The number of piperazine rings is 1. The quantitative estimate of drug-likeness (QED) is 0.897. The lowest BCUT2D eigenvalue weighted by atomic mass is 10.1. The molecule has 1 N–H and O–H groups in total. The van der Waals surface area contributed by atoms with Gasteiger partial charge < -0.3 is 14.9 Å². The number of amides is 1. The van der Waals surface area contributed by atoms with Crippen molar-refractivity contribution in [1.82, 2.24) is 14.9 Å². The van der Waals surface area contributed by atoms with Crippen LogP contribution >= 0.6 is 0 Å². The normalized spacial score (nSPS) is 17.2. The Morgan fingerprint density at radius 3 is 2.80 bits per heavy atom. The predicted octanol–water partition coefficient (Wildman–Crippen LogP) is 1.71. The van der Waals surface area contributed by atoms with E-state index < -0.39 is 0 Å². The lowest BCUT2D eigenvalue weighted by Crippen LogP contribution is -2.54. The van der Waals surface area contributed by atoms with Gasteiger partial charge in [-0.2, -0.15) is 5.26 Å². The van der Waals surface area contributed by atoms with Crippen LogP contribution in [0, 0.1) is 18.3 Å². The number of rotatable bonds is 2. The van der Waals surface area contributed by atoms with E-state index in [9.17, 15) is 15.2 Å². The number of phenols is 1. The molecular weight excluding hydrogens is 318 g/mol. The topological polar surface area (TPSA) is 93.3 Å². The molecule has 1 fully saturated rings. The average molecular weight is 337 g/mol. The zero-order chi connectivity index (χ0) is 18.0. The van der Waals surface area contributed by atoms with Gasteiger partial charge in [0.15, 0.2) is 11.5 Å². The number of anilines is 1. The monoisotopic (exact) mass is 337 g/mol. The molecule has 1 aromatic heterocycles. The molecule has 0 spiro atoms. The van der Waals surface area contributed by atoms with Gasteiger partial charge in [0.25, 0.3) is 5.91 Å². The summed E-state index contributed by atoms with van der Waals surface area (Å²) in [4.78, 5) is 24.8. The number of hydrogen-bond donors (Lipinski definition) is 1. The molecule has 1 saturated heterocycles. The van der Waals surface area contributed by atoms with E-state index in [1.54, 1.807) is 29.3 Å². The number of aryl methyl sites for hydroxylation is 1. The minimum absolute atomic E-state index is 0.00841. The maximum Gasteiger partial charge on any atom is 0.257 e. The lowest BCUT2D eigenvalue weighted by Gasteiger charge is -2.40. The molecule has 1 aliphatic heterocycles. The van der Waals surface area contributed by atoms with Crippen molar-refractivity contribution in [2.45, 2.75) is 19.9 Å². The third-order valence-electron chi connectivity index (χ3n) is 4.36. The maximum atomic E-state index is 12.8. The van der Waals surface area contributed by atoms with Crippen LogP contribution in [0.1, 0.15) is 28.5 Å². The Labute approximate surface area is 146 Å². The Hall–Kier alpha value is -3.14. The molecule has 7 heteroatoms. The summed E-state index contributed by atoms with van der Waals surface area (Å²) in [5.41, 5.74) is 1.52. The Morgan fingerprint density at radius 1 is 1.32 bits per heavy atom. The highest BCUT2D eigenvalue weighted by molar-refractivity contribution is 5.97. The molecule has 2 aromatic rings. The zero-order valence-electron chi connectivity index (χ0n) is 14.2. The molecule has 1 amide bonds. The highest BCUT2D eigenvalue weighted by Gasteiger charge is 2.30. The Morgan fingerprint density at radius 2 is 2.08 bits per heavy atom. The number of nitrogens with zero attached hydrogens (tertiary/aromatic N) is 5. The molecular formula is C18H19N5O2. The van der Waals surface area contributed by atoms with Crippen molar-refractivity contribution in [3.8, 4) is 11.8 Å². The molecule has 2 heterocycles. The third kappa shape index (κ3) is 3.24. The summed E-state index contributed by atoms with van der Waals surface area (Å²) < 4.78 is 0. The molecule has 0 bridgehead atoms. The van der Waals surface area contributed by atoms with Crippen LogP contribution in [0.4, 0.5) is 5.82 Å². The molecule has 25 heavy (non-hydrogen) atoms. The highest BCUT2D eigenvalue weighted by Crippen LogP contribution is 2.24. The van der Waals surface area contributed by atoms with E-state index in [1.807, 2.05) is 18.7 Å². The first-order valence-electron chi connectivity index (χ1n) is 8.08. The van der Waals surface area contributed by atoms with E-state index in [1.165, 1.54) is 6.20 Å². The summed E-state index contributed by atoms with van der Waals surface area (Å²) in [6, 6.07) is 6.98. The lowest BCUT2D eigenvalue weighted by molar-refractivity contribution is 0.0670. The Balaban J connectivity index is 1.79. The average Bonchev–Trinajstić information content (AvgIpc) is 2.63. The van der Waals surface area contributed by atoms with E-state index in [-0.39, 0.29) is 23.4 Å². The summed E-state index contributed by atoms with van der Waals surface area (Å²) >= 11 is 0. The van der Waals surface area contributed by atoms with Crippen molar-refractivity contribution in [3.05, 3.63) is 47.4 Å². The number of phenolic OH excluding ortho intramolecular Hbond substituents is 1. The number of nitriles is 1. The standard InChI is InChI=1S/C18H19N5O2/c1-12-3-4-16(24)14(9-12)18(25)23-8-7-22(11-13(23)2)17-15(10-19)20-5-6-21-17/h3-6,9,13,24H,7-8,11H2,1-2H3/t13-/m0/s1. The van der Waals surface area contributed by atoms with Crippen LogP contribution in [0.3, 0.4) is 0 Å². The summed E-state index contributed by atoms with van der Waals surface area (Å²) in [5.74, 6) is 0.348. The molecule has 1 aromatic carbocycles. The zero-order valence-corrected chi connectivity index (χ0v) is 14.2. The van der Waals surface area contributed by atoms with Crippen molar-refractivity contribution in [2.75, 3.05) is 24.5 Å². The summed E-state index contributed by atoms with van der Waals surface area (Å²) in [6.45, 7) is 5.41. The fraction of sp³-hybridized carbons (Fsp3) is 0.333. The van der Waals surface area contributed by atoms with Gasteiger partial charge in [-0.3, -0.25) is 4.79 Å². The second-order valence-corrected chi connectivity index (χ2v) is 6.15. The van der Waals surface area contributed by atoms with Crippen LogP contribution in [0.15, 0.2) is 30.6 Å². The second kappa shape index (κ2) is 6.77. The Bertz CT molecular complexity index is 846. The molecule has 0 radical (unpaired) electrons. The number of hydrogen-bond acceptors (Lipinski definition) is 6. The molecule has 0 unspecified atom stereocenters. The van der Waals surface area contributed by atoms with Crippen LogP contribution in [0.5, 0.6) is 5.75 Å². The summed E-state index contributed by atoms with van der Waals surface area (Å²) in [5, 5.41) is 19.2. The van der Waals surface area contributed by atoms with Crippen LogP contribution in [0.25, 0.3) is 0 Å². The van der Waals surface area contributed by atoms with E-state index in [0.29, 0.717) is 31.0 Å². The SMILES string of the molecule is Cc1ccc(O)c(C(=O)N2CCN(c3nccnc3C#N)C[C@@H]2C)c1. The summed E-state index contributed by atoms with van der Waals surface area (Å²) in [6.07, 6.45) is 3.05. The van der Waals surface area contributed by atoms with E-state index in [2.05, 4.69) is 16.0 Å². The number of aromatic hydroxyl groups is 1. The molecule has 1 aliphatic rings. The molecule has 7 nitrogen and oxygen atoms in total. The van der Waals surface area contributed by atoms with Gasteiger partial charge in [0.1, 0.15) is 11.8 Å². The highest BCUT2D eigenvalue weighted by atomic mass is 16.3. The van der Waals surface area contributed by atoms with Gasteiger partial charge in [0.2, 0.25) is 0 Å². The first-order valence-corrected chi connectivity index (χ1v) is 8.08. The largest absolute Gasteiger partial charge is 0.507 e. The molecule has 0 aliphatic carbocycles. The van der Waals surface area contributed by atoms with Crippen molar-refractivity contribution >= 4 is 11.7 Å². The van der Waals surface area contributed by atoms with E-state index in [0.717, 1.165) is 5.56 Å². The van der Waals surface area contributed by atoms with Gasteiger partial charge >= 0.3 is 0 Å². The fourth-order valence-electron chi connectivity index (χ4n) is 3.07. The number of benzene rings is 1. The molecule has 3 rings (SSSR count). The minimum atomic E-state index is -0.187. The van der Waals surface area contributed by atoms with Gasteiger partial charge in [0, 0.05) is 38.1 Å². The van der Waals surface area contributed by atoms with Gasteiger partial charge in [-0.25, -0.2) is 9.97 Å².